The Kier molecular flexibility index (Phi) is 3.62. The van der Waals surface area contributed by atoms with E-state index in [1.165, 1.54) is 6.33 Å². The molecule has 1 amide bonds. The van der Waals surface area contributed by atoms with Crippen molar-refractivity contribution in [3.8, 4) is 0 Å². The normalized spacial score (nSPS) is 10.6. The van der Waals surface area contributed by atoms with E-state index >= 15 is 0 Å². The van der Waals surface area contributed by atoms with Crippen LogP contribution in [0.2, 0.25) is 0 Å². The quantitative estimate of drug-likeness (QED) is 0.779. The minimum absolute atomic E-state index is 0.0845. The molecule has 0 aliphatic rings. The predicted molar refractivity (Wildman–Crippen MR) is 52.8 cm³/mol. The van der Waals surface area contributed by atoms with Crippen LogP contribution >= 0.6 is 0 Å². The van der Waals surface area contributed by atoms with E-state index in [1.807, 2.05) is 6.92 Å². The van der Waals surface area contributed by atoms with Crippen molar-refractivity contribution in [2.45, 2.75) is 20.8 Å². The summed E-state index contributed by atoms with van der Waals surface area (Å²) in [5.74, 6) is 0.688. The zero-order valence-electron chi connectivity index (χ0n) is 8.82. The average molecular weight is 196 g/mol. The van der Waals surface area contributed by atoms with Gasteiger partial charge in [-0.1, -0.05) is 13.8 Å². The maximum absolute atomic E-state index is 11.8. The van der Waals surface area contributed by atoms with Crippen LogP contribution in [0.4, 0.5) is 0 Å². The third-order valence-corrected chi connectivity index (χ3v) is 1.87. The molecule has 14 heavy (non-hydrogen) atoms. The molecule has 0 bridgehead atoms. The second-order valence-corrected chi connectivity index (χ2v) is 3.57. The highest BCUT2D eigenvalue weighted by Crippen LogP contribution is 2.02. The van der Waals surface area contributed by atoms with Crippen molar-refractivity contribution in [2.24, 2.45) is 5.92 Å². The lowest BCUT2D eigenvalue weighted by Crippen LogP contribution is -2.34. The maximum atomic E-state index is 11.8. The Morgan fingerprint density at radius 1 is 1.64 bits per heavy atom. The molecule has 0 aliphatic carbocycles. The van der Waals surface area contributed by atoms with Gasteiger partial charge < -0.3 is 4.90 Å². The van der Waals surface area contributed by atoms with Crippen LogP contribution in [0.1, 0.15) is 31.4 Å². The Bertz CT molecular complexity index is 281. The number of nitrogens with zero attached hydrogens (tertiary/aromatic N) is 3. The number of aromatic nitrogens is 3. The smallest absolute Gasteiger partial charge is 0.291 e. The van der Waals surface area contributed by atoms with Gasteiger partial charge in [0.05, 0.1) is 0 Å². The number of carbonyl (C=O) groups excluding carboxylic acids is 1. The third-order valence-electron chi connectivity index (χ3n) is 1.87. The summed E-state index contributed by atoms with van der Waals surface area (Å²) in [7, 11) is 0. The van der Waals surface area contributed by atoms with E-state index < -0.39 is 0 Å². The summed E-state index contributed by atoms with van der Waals surface area (Å²) in [5.41, 5.74) is 0. The van der Waals surface area contributed by atoms with Crippen molar-refractivity contribution in [1.82, 2.24) is 20.1 Å². The van der Waals surface area contributed by atoms with E-state index in [0.29, 0.717) is 18.3 Å². The first-order valence-corrected chi connectivity index (χ1v) is 4.79. The molecule has 1 aromatic rings. The molecular formula is C9H16N4O. The van der Waals surface area contributed by atoms with Gasteiger partial charge in [-0.3, -0.25) is 9.89 Å². The van der Waals surface area contributed by atoms with Gasteiger partial charge in [0.15, 0.2) is 0 Å². The molecule has 0 aromatic carbocycles. The number of nitrogens with one attached hydrogen (secondary N) is 1. The largest absolute Gasteiger partial charge is 0.336 e. The van der Waals surface area contributed by atoms with E-state index in [4.69, 9.17) is 0 Å². The molecule has 0 spiro atoms. The minimum Gasteiger partial charge on any atom is -0.336 e. The molecule has 1 aromatic heterocycles. The Morgan fingerprint density at radius 3 is 2.79 bits per heavy atom. The van der Waals surface area contributed by atoms with Gasteiger partial charge in [0.1, 0.15) is 6.33 Å². The van der Waals surface area contributed by atoms with Crippen LogP contribution in [0, 0.1) is 5.92 Å². The summed E-state index contributed by atoms with van der Waals surface area (Å²) in [5, 5.41) is 6.23. The van der Waals surface area contributed by atoms with Gasteiger partial charge in [-0.05, 0) is 12.8 Å². The van der Waals surface area contributed by atoms with Crippen molar-refractivity contribution >= 4 is 5.91 Å². The first-order valence-electron chi connectivity index (χ1n) is 4.79. The number of H-pyrrole nitrogens is 1. The fourth-order valence-corrected chi connectivity index (χ4v) is 1.25. The van der Waals surface area contributed by atoms with E-state index in [1.54, 1.807) is 4.90 Å². The fourth-order valence-electron chi connectivity index (χ4n) is 1.25. The number of amides is 1. The SMILES string of the molecule is CCN(CC(C)C)C(=O)c1ncn[nH]1. The van der Waals surface area contributed by atoms with Gasteiger partial charge >= 0.3 is 0 Å². The lowest BCUT2D eigenvalue weighted by molar-refractivity contribution is 0.0734. The molecule has 0 saturated carbocycles. The lowest BCUT2D eigenvalue weighted by atomic mass is 10.2. The molecule has 0 saturated heterocycles. The van der Waals surface area contributed by atoms with E-state index in [9.17, 15) is 4.79 Å². The van der Waals surface area contributed by atoms with Crippen molar-refractivity contribution in [1.29, 1.82) is 0 Å². The number of aromatic amines is 1. The Balaban J connectivity index is 2.66. The van der Waals surface area contributed by atoms with Crippen LogP contribution in [-0.4, -0.2) is 39.1 Å². The van der Waals surface area contributed by atoms with Crippen LogP contribution in [0.3, 0.4) is 0 Å². The van der Waals surface area contributed by atoms with Gasteiger partial charge in [0.2, 0.25) is 5.82 Å². The molecule has 1 heterocycles. The minimum atomic E-state index is -0.0845. The summed E-state index contributed by atoms with van der Waals surface area (Å²) in [6, 6.07) is 0. The molecule has 78 valence electrons. The summed E-state index contributed by atoms with van der Waals surface area (Å²) in [4.78, 5) is 17.4. The first kappa shape index (κ1) is 10.7. The second-order valence-electron chi connectivity index (χ2n) is 3.57. The predicted octanol–water partition coefficient (Wildman–Crippen LogP) is 0.923. The molecule has 5 nitrogen and oxygen atoms in total. The first-order chi connectivity index (χ1) is 6.65. The molecule has 0 atom stereocenters. The zero-order valence-corrected chi connectivity index (χ0v) is 8.82. The van der Waals surface area contributed by atoms with Crippen molar-refractivity contribution in [2.75, 3.05) is 13.1 Å². The van der Waals surface area contributed by atoms with Gasteiger partial charge in [-0.2, -0.15) is 5.10 Å². The van der Waals surface area contributed by atoms with Crippen molar-refractivity contribution in [3.63, 3.8) is 0 Å². The zero-order chi connectivity index (χ0) is 10.6. The molecular weight excluding hydrogens is 180 g/mol. The van der Waals surface area contributed by atoms with E-state index in [0.717, 1.165) is 6.54 Å². The fraction of sp³-hybridized carbons (Fsp3) is 0.667. The standard InChI is InChI=1S/C9H16N4O/c1-4-13(5-7(2)3)9(14)8-10-6-11-12-8/h6-7H,4-5H2,1-3H3,(H,10,11,12). The number of hydrogen-bond acceptors (Lipinski definition) is 3. The van der Waals surface area contributed by atoms with Gasteiger partial charge in [-0.15, -0.1) is 0 Å². The highest BCUT2D eigenvalue weighted by molar-refractivity contribution is 5.90. The molecule has 1 rings (SSSR count). The molecule has 0 fully saturated rings. The summed E-state index contributed by atoms with van der Waals surface area (Å²) in [6.07, 6.45) is 1.34. The van der Waals surface area contributed by atoms with Gasteiger partial charge in [0.25, 0.3) is 5.91 Å². The topological polar surface area (TPSA) is 61.9 Å². The Morgan fingerprint density at radius 2 is 2.36 bits per heavy atom. The van der Waals surface area contributed by atoms with Crippen LogP contribution in [0.5, 0.6) is 0 Å². The number of hydrogen-bond donors (Lipinski definition) is 1. The highest BCUT2D eigenvalue weighted by Gasteiger charge is 2.17. The summed E-state index contributed by atoms with van der Waals surface area (Å²) < 4.78 is 0. The Hall–Kier alpha value is -1.39. The van der Waals surface area contributed by atoms with Gasteiger partial charge in [-0.25, -0.2) is 4.98 Å². The number of carbonyl (C=O) groups is 1. The summed E-state index contributed by atoms with van der Waals surface area (Å²) in [6.45, 7) is 7.55. The van der Waals surface area contributed by atoms with E-state index in [2.05, 4.69) is 29.0 Å². The van der Waals surface area contributed by atoms with Crippen LogP contribution in [-0.2, 0) is 0 Å². The maximum Gasteiger partial charge on any atom is 0.291 e. The van der Waals surface area contributed by atoms with Crippen molar-refractivity contribution in [3.05, 3.63) is 12.2 Å². The molecule has 5 heteroatoms. The molecule has 0 radical (unpaired) electrons. The second kappa shape index (κ2) is 4.74. The molecule has 1 N–H and O–H groups in total. The lowest BCUT2D eigenvalue weighted by Gasteiger charge is -2.21. The molecule has 0 aliphatic heterocycles. The Labute approximate surface area is 83.5 Å². The van der Waals surface area contributed by atoms with Crippen LogP contribution < -0.4 is 0 Å². The van der Waals surface area contributed by atoms with Crippen molar-refractivity contribution < 1.29 is 4.79 Å². The summed E-state index contributed by atoms with van der Waals surface area (Å²) >= 11 is 0. The van der Waals surface area contributed by atoms with Crippen LogP contribution in [0.15, 0.2) is 6.33 Å². The average Bonchev–Trinajstić information content (AvgIpc) is 2.65. The molecule has 0 unspecified atom stereocenters. The number of rotatable bonds is 4. The van der Waals surface area contributed by atoms with Gasteiger partial charge in [0, 0.05) is 13.1 Å². The van der Waals surface area contributed by atoms with Crippen LogP contribution in [0.25, 0.3) is 0 Å². The third kappa shape index (κ3) is 2.55. The van der Waals surface area contributed by atoms with E-state index in [-0.39, 0.29) is 5.91 Å². The monoisotopic (exact) mass is 196 g/mol. The highest BCUT2D eigenvalue weighted by atomic mass is 16.2.